The molecule has 0 radical (unpaired) electrons. The van der Waals surface area contributed by atoms with Gasteiger partial charge in [0.15, 0.2) is 5.03 Å². The molecule has 11 heteroatoms. The lowest BCUT2D eigenvalue weighted by atomic mass is 9.90. The molecular formula is C26H31FN4O5S. The van der Waals surface area contributed by atoms with E-state index in [-0.39, 0.29) is 30.0 Å². The van der Waals surface area contributed by atoms with Crippen molar-refractivity contribution in [2.24, 2.45) is 11.8 Å². The lowest BCUT2D eigenvalue weighted by molar-refractivity contribution is -0.136. The largest absolute Gasteiger partial charge is 0.492 e. The Morgan fingerprint density at radius 2 is 1.97 bits per heavy atom. The number of sulfonamides is 1. The van der Waals surface area contributed by atoms with E-state index in [1.807, 2.05) is 6.92 Å². The van der Waals surface area contributed by atoms with Gasteiger partial charge in [-0.25, -0.2) is 17.8 Å². The molecule has 1 aliphatic heterocycles. The minimum Gasteiger partial charge on any atom is -0.492 e. The molecule has 1 saturated heterocycles. The van der Waals surface area contributed by atoms with E-state index in [0.717, 1.165) is 19.3 Å². The van der Waals surface area contributed by atoms with E-state index >= 15 is 0 Å². The average molecular weight is 531 g/mol. The van der Waals surface area contributed by atoms with Gasteiger partial charge in [-0.05, 0) is 55.5 Å². The maximum absolute atomic E-state index is 14.3. The van der Waals surface area contributed by atoms with Gasteiger partial charge in [-0.2, -0.15) is 9.40 Å². The normalized spacial score (nSPS) is 21.1. The third-order valence-corrected chi connectivity index (χ3v) is 9.24. The van der Waals surface area contributed by atoms with E-state index in [2.05, 4.69) is 10.1 Å². The SMILES string of the molecule is CCOc1ccc(S(=O)(=O)N2C[C@@H](CC3CCCC3)[C@@H](n3nc(CC(=O)O)c4ccc(F)cc43)C2)nc1. The number of aliphatic carboxylic acids is 1. The number of pyridine rings is 1. The van der Waals surface area contributed by atoms with Gasteiger partial charge in [0, 0.05) is 18.5 Å². The summed E-state index contributed by atoms with van der Waals surface area (Å²) >= 11 is 0. The molecule has 198 valence electrons. The Hall–Kier alpha value is -3.05. The number of halogens is 1. The first-order chi connectivity index (χ1) is 17.8. The van der Waals surface area contributed by atoms with E-state index in [1.54, 1.807) is 16.8 Å². The first-order valence-electron chi connectivity index (χ1n) is 12.7. The molecule has 2 aromatic heterocycles. The standard InChI is InChI=1S/C26H31FN4O5S/c1-2-36-20-8-10-25(28-14-20)37(34,35)30-15-18(11-17-5-3-4-6-17)24(16-30)31-23-12-19(27)7-9-21(23)22(29-31)13-26(32)33/h7-10,12,14,17-18,24H,2-6,11,13,15-16H2,1H3,(H,32,33)/t18-,24+/m1/s1. The van der Waals surface area contributed by atoms with Gasteiger partial charge in [-0.1, -0.05) is 25.7 Å². The molecule has 5 rings (SSSR count). The van der Waals surface area contributed by atoms with Crippen LogP contribution in [-0.4, -0.2) is 58.3 Å². The molecule has 2 atom stereocenters. The number of carboxylic acid groups (broad SMARTS) is 1. The molecule has 9 nitrogen and oxygen atoms in total. The van der Waals surface area contributed by atoms with Crippen LogP contribution in [0.15, 0.2) is 41.6 Å². The van der Waals surface area contributed by atoms with Crippen LogP contribution in [0.2, 0.25) is 0 Å². The number of aromatic nitrogens is 3. The smallest absolute Gasteiger partial charge is 0.309 e. The predicted octanol–water partition coefficient (Wildman–Crippen LogP) is 4.04. The Labute approximate surface area is 215 Å². The van der Waals surface area contributed by atoms with E-state index in [1.165, 1.54) is 41.5 Å². The fraction of sp³-hybridized carbons (Fsp3) is 0.500. The molecular weight excluding hydrogens is 499 g/mol. The Morgan fingerprint density at radius 3 is 2.65 bits per heavy atom. The summed E-state index contributed by atoms with van der Waals surface area (Å²) in [5, 5.41) is 14.5. The molecule has 3 heterocycles. The summed E-state index contributed by atoms with van der Waals surface area (Å²) in [4.78, 5) is 15.6. The third kappa shape index (κ3) is 5.19. The van der Waals surface area contributed by atoms with Crippen LogP contribution in [0.4, 0.5) is 4.39 Å². The average Bonchev–Trinajstić information content (AvgIpc) is 3.59. The van der Waals surface area contributed by atoms with Crippen LogP contribution in [0.25, 0.3) is 10.9 Å². The van der Waals surface area contributed by atoms with Gasteiger partial charge < -0.3 is 9.84 Å². The zero-order valence-corrected chi connectivity index (χ0v) is 21.5. The summed E-state index contributed by atoms with van der Waals surface area (Å²) in [6.07, 6.45) is 6.48. The molecule has 0 unspecified atom stereocenters. The fourth-order valence-electron chi connectivity index (χ4n) is 5.80. The van der Waals surface area contributed by atoms with Crippen LogP contribution in [0, 0.1) is 17.7 Å². The van der Waals surface area contributed by atoms with Crippen molar-refractivity contribution in [3.8, 4) is 5.75 Å². The van der Waals surface area contributed by atoms with Crippen LogP contribution in [-0.2, 0) is 21.2 Å². The monoisotopic (exact) mass is 530 g/mol. The molecule has 2 fully saturated rings. The van der Waals surface area contributed by atoms with Gasteiger partial charge in [-0.15, -0.1) is 0 Å². The highest BCUT2D eigenvalue weighted by atomic mass is 32.2. The van der Waals surface area contributed by atoms with Crippen LogP contribution < -0.4 is 4.74 Å². The van der Waals surface area contributed by atoms with Crippen molar-refractivity contribution in [2.75, 3.05) is 19.7 Å². The van der Waals surface area contributed by atoms with Crippen molar-refractivity contribution >= 4 is 26.9 Å². The molecule has 1 aliphatic carbocycles. The number of nitrogens with zero attached hydrogens (tertiary/aromatic N) is 4. The van der Waals surface area contributed by atoms with E-state index in [0.29, 0.717) is 41.4 Å². The number of carboxylic acids is 1. The Balaban J connectivity index is 1.51. The number of hydrogen-bond donors (Lipinski definition) is 1. The van der Waals surface area contributed by atoms with E-state index in [9.17, 15) is 22.7 Å². The third-order valence-electron chi connectivity index (χ3n) is 7.49. The van der Waals surface area contributed by atoms with Crippen molar-refractivity contribution in [1.82, 2.24) is 19.1 Å². The van der Waals surface area contributed by atoms with Gasteiger partial charge in [0.2, 0.25) is 0 Å². The first kappa shape index (κ1) is 25.6. The summed E-state index contributed by atoms with van der Waals surface area (Å²) in [5.74, 6) is -0.546. The highest BCUT2D eigenvalue weighted by Gasteiger charge is 2.43. The Morgan fingerprint density at radius 1 is 1.19 bits per heavy atom. The number of benzene rings is 1. The predicted molar refractivity (Wildman–Crippen MR) is 134 cm³/mol. The summed E-state index contributed by atoms with van der Waals surface area (Å²) in [5.41, 5.74) is 0.827. The number of rotatable bonds is 9. The minimum absolute atomic E-state index is 0.0513. The molecule has 0 bridgehead atoms. The van der Waals surface area contributed by atoms with Gasteiger partial charge in [0.1, 0.15) is 11.6 Å². The zero-order chi connectivity index (χ0) is 26.2. The lowest BCUT2D eigenvalue weighted by Gasteiger charge is -2.22. The first-order valence-corrected chi connectivity index (χ1v) is 14.2. The quantitative estimate of drug-likeness (QED) is 0.444. The highest BCUT2D eigenvalue weighted by molar-refractivity contribution is 7.89. The van der Waals surface area contributed by atoms with Crippen molar-refractivity contribution in [2.45, 2.75) is 56.5 Å². The highest BCUT2D eigenvalue weighted by Crippen LogP contribution is 2.41. The maximum Gasteiger partial charge on any atom is 0.309 e. The number of fused-ring (bicyclic) bond motifs is 1. The van der Waals surface area contributed by atoms with Crippen LogP contribution in [0.5, 0.6) is 5.75 Å². The maximum atomic E-state index is 14.3. The molecule has 37 heavy (non-hydrogen) atoms. The fourth-order valence-corrected chi connectivity index (χ4v) is 7.23. The summed E-state index contributed by atoms with van der Waals surface area (Å²) in [6.45, 7) is 2.73. The molecule has 1 N–H and O–H groups in total. The topological polar surface area (TPSA) is 115 Å². The number of carbonyl (C=O) groups is 1. The molecule has 0 amide bonds. The van der Waals surface area contributed by atoms with Crippen LogP contribution in [0.1, 0.15) is 50.8 Å². The minimum atomic E-state index is -3.89. The van der Waals surface area contributed by atoms with Crippen molar-refractivity contribution in [3.63, 3.8) is 0 Å². The van der Waals surface area contributed by atoms with E-state index < -0.39 is 21.8 Å². The van der Waals surface area contributed by atoms with Gasteiger partial charge >= 0.3 is 5.97 Å². The Kier molecular flexibility index (Phi) is 7.17. The second-order valence-electron chi connectivity index (χ2n) is 9.92. The second kappa shape index (κ2) is 10.4. The molecule has 0 spiro atoms. The molecule has 1 saturated carbocycles. The number of ether oxygens (including phenoxy) is 1. The van der Waals surface area contributed by atoms with Crippen molar-refractivity contribution < 1.29 is 27.4 Å². The van der Waals surface area contributed by atoms with Crippen LogP contribution >= 0.6 is 0 Å². The van der Waals surface area contributed by atoms with Gasteiger partial charge in [0.25, 0.3) is 10.0 Å². The van der Waals surface area contributed by atoms with Crippen LogP contribution in [0.3, 0.4) is 0 Å². The zero-order valence-electron chi connectivity index (χ0n) is 20.7. The second-order valence-corrected chi connectivity index (χ2v) is 11.8. The molecule has 2 aliphatic rings. The Bertz CT molecular complexity index is 1390. The van der Waals surface area contributed by atoms with Gasteiger partial charge in [-0.3, -0.25) is 9.48 Å². The molecule has 3 aromatic rings. The lowest BCUT2D eigenvalue weighted by Crippen LogP contribution is -2.30. The summed E-state index contributed by atoms with van der Waals surface area (Å²) < 4.78 is 50.0. The number of hydrogen-bond acceptors (Lipinski definition) is 6. The van der Waals surface area contributed by atoms with Crippen molar-refractivity contribution in [3.05, 3.63) is 48.0 Å². The van der Waals surface area contributed by atoms with Crippen molar-refractivity contribution in [1.29, 1.82) is 0 Å². The molecule has 1 aromatic carbocycles. The summed E-state index contributed by atoms with van der Waals surface area (Å²) in [6, 6.07) is 6.87. The summed E-state index contributed by atoms with van der Waals surface area (Å²) in [7, 11) is -3.89. The van der Waals surface area contributed by atoms with E-state index in [4.69, 9.17) is 4.74 Å². The van der Waals surface area contributed by atoms with Gasteiger partial charge in [0.05, 0.1) is 36.5 Å².